The van der Waals surface area contributed by atoms with E-state index in [1.807, 2.05) is 12.3 Å². The third kappa shape index (κ3) is 3.49. The van der Waals surface area contributed by atoms with Crippen molar-refractivity contribution in [3.8, 4) is 0 Å². The van der Waals surface area contributed by atoms with Gasteiger partial charge in [-0.3, -0.25) is 0 Å². The Morgan fingerprint density at radius 2 is 1.72 bits per heavy atom. The molecule has 0 atom stereocenters. The molecule has 0 unspecified atom stereocenters. The molecule has 148 valence electrons. The highest BCUT2D eigenvalue weighted by Gasteiger charge is 2.19. The summed E-state index contributed by atoms with van der Waals surface area (Å²) in [5.41, 5.74) is 4.03. The average molecular weight is 385 g/mol. The summed E-state index contributed by atoms with van der Waals surface area (Å²) in [6, 6.07) is 22.4. The van der Waals surface area contributed by atoms with Gasteiger partial charge in [-0.1, -0.05) is 30.3 Å². The van der Waals surface area contributed by atoms with Gasteiger partial charge in [0.2, 0.25) is 0 Å². The summed E-state index contributed by atoms with van der Waals surface area (Å²) in [6.07, 6.45) is 4.20. The van der Waals surface area contributed by atoms with Crippen LogP contribution in [0.4, 0.5) is 5.82 Å². The molecule has 0 aliphatic carbocycles. The van der Waals surface area contributed by atoms with E-state index in [4.69, 9.17) is 0 Å². The Morgan fingerprint density at radius 1 is 0.931 bits per heavy atom. The number of nitrogens with zero attached hydrogens (tertiary/aromatic N) is 3. The van der Waals surface area contributed by atoms with Gasteiger partial charge in [-0.25, -0.2) is 4.98 Å². The number of anilines is 1. The molecule has 1 fully saturated rings. The van der Waals surface area contributed by atoms with E-state index in [-0.39, 0.29) is 0 Å². The van der Waals surface area contributed by atoms with Crippen molar-refractivity contribution in [2.75, 3.05) is 18.0 Å². The molecule has 1 aliphatic heterocycles. The number of aryl methyl sites for hydroxylation is 1. The van der Waals surface area contributed by atoms with Crippen molar-refractivity contribution < 1.29 is 0 Å². The lowest BCUT2D eigenvalue weighted by Gasteiger charge is -2.33. The van der Waals surface area contributed by atoms with Crippen molar-refractivity contribution >= 4 is 27.6 Å². The van der Waals surface area contributed by atoms with Crippen LogP contribution in [0.3, 0.4) is 0 Å². The first kappa shape index (κ1) is 18.2. The van der Waals surface area contributed by atoms with Crippen LogP contribution in [0.25, 0.3) is 21.8 Å². The van der Waals surface area contributed by atoms with Crippen molar-refractivity contribution in [2.45, 2.75) is 38.9 Å². The van der Waals surface area contributed by atoms with Gasteiger partial charge in [0.15, 0.2) is 0 Å². The topological polar surface area (TPSA) is 33.1 Å². The monoisotopic (exact) mass is 384 g/mol. The van der Waals surface area contributed by atoms with Crippen LogP contribution in [0.1, 0.15) is 25.3 Å². The molecule has 2 aromatic carbocycles. The number of para-hydroxylation sites is 1. The van der Waals surface area contributed by atoms with E-state index in [9.17, 15) is 0 Å². The van der Waals surface area contributed by atoms with Gasteiger partial charge in [-0.15, -0.1) is 0 Å². The summed E-state index contributed by atoms with van der Waals surface area (Å²) in [5.74, 6) is 1.10. The van der Waals surface area contributed by atoms with E-state index < -0.39 is 0 Å². The quantitative estimate of drug-likeness (QED) is 0.527. The number of fused-ring (bicyclic) bond motifs is 3. The van der Waals surface area contributed by atoms with Gasteiger partial charge >= 0.3 is 0 Å². The summed E-state index contributed by atoms with van der Waals surface area (Å²) >= 11 is 0. The van der Waals surface area contributed by atoms with E-state index >= 15 is 0 Å². The molecule has 1 aliphatic rings. The van der Waals surface area contributed by atoms with Crippen LogP contribution in [-0.4, -0.2) is 28.7 Å². The summed E-state index contributed by atoms with van der Waals surface area (Å²) in [6.45, 7) is 6.28. The normalized spacial score (nSPS) is 15.4. The van der Waals surface area contributed by atoms with Crippen LogP contribution in [0.2, 0.25) is 0 Å². The van der Waals surface area contributed by atoms with Crippen LogP contribution in [0.5, 0.6) is 0 Å². The summed E-state index contributed by atoms with van der Waals surface area (Å²) < 4.78 is 2.41. The van der Waals surface area contributed by atoms with Gasteiger partial charge in [-0.2, -0.15) is 0 Å². The fraction of sp³-hybridized carbons (Fsp3) is 0.320. The Bertz CT molecular complexity index is 1110. The van der Waals surface area contributed by atoms with Gasteiger partial charge in [0, 0.05) is 60.2 Å². The molecule has 5 rings (SSSR count). The minimum Gasteiger partial charge on any atom is -0.357 e. The first-order chi connectivity index (χ1) is 14.3. The van der Waals surface area contributed by atoms with Crippen LogP contribution < -0.4 is 10.2 Å². The highest BCUT2D eigenvalue weighted by atomic mass is 15.2. The van der Waals surface area contributed by atoms with Crippen molar-refractivity contribution in [2.24, 2.45) is 0 Å². The molecule has 4 heteroatoms. The molecule has 4 nitrogen and oxygen atoms in total. The largest absolute Gasteiger partial charge is 0.357 e. The lowest BCUT2D eigenvalue weighted by atomic mass is 10.0. The van der Waals surface area contributed by atoms with E-state index in [0.717, 1.165) is 44.8 Å². The van der Waals surface area contributed by atoms with Gasteiger partial charge in [-0.05, 0) is 55.7 Å². The van der Waals surface area contributed by atoms with E-state index in [2.05, 4.69) is 81.3 Å². The maximum atomic E-state index is 4.49. The Morgan fingerprint density at radius 3 is 2.52 bits per heavy atom. The second-order valence-corrected chi connectivity index (χ2v) is 7.94. The second-order valence-electron chi connectivity index (χ2n) is 7.94. The molecule has 0 radical (unpaired) electrons. The maximum absolute atomic E-state index is 4.49. The molecule has 1 N–H and O–H groups in total. The van der Waals surface area contributed by atoms with Gasteiger partial charge in [0.05, 0.1) is 0 Å². The minimum atomic E-state index is 0.572. The fourth-order valence-corrected chi connectivity index (χ4v) is 4.67. The van der Waals surface area contributed by atoms with Crippen LogP contribution in [-0.2, 0) is 13.1 Å². The summed E-state index contributed by atoms with van der Waals surface area (Å²) in [4.78, 5) is 6.88. The fourth-order valence-electron chi connectivity index (χ4n) is 4.67. The number of benzene rings is 2. The average Bonchev–Trinajstić information content (AvgIpc) is 3.11. The van der Waals surface area contributed by atoms with Crippen LogP contribution in [0, 0.1) is 0 Å². The first-order valence-corrected chi connectivity index (χ1v) is 10.7. The number of rotatable bonds is 5. The third-order valence-electron chi connectivity index (χ3n) is 6.22. The third-order valence-corrected chi connectivity index (χ3v) is 6.22. The zero-order valence-electron chi connectivity index (χ0n) is 17.0. The zero-order valence-corrected chi connectivity index (χ0v) is 17.0. The van der Waals surface area contributed by atoms with Crippen LogP contribution >= 0.6 is 0 Å². The number of nitrogens with one attached hydrogen (secondary N) is 1. The van der Waals surface area contributed by atoms with E-state index in [1.165, 1.54) is 27.4 Å². The smallest absolute Gasteiger partial charge is 0.128 e. The molecular formula is C25H28N4. The van der Waals surface area contributed by atoms with Crippen molar-refractivity contribution in [3.05, 3.63) is 72.4 Å². The lowest BCUT2D eigenvalue weighted by Crippen LogP contribution is -2.42. The molecule has 2 aromatic heterocycles. The number of piperidine rings is 1. The molecule has 1 saturated heterocycles. The van der Waals surface area contributed by atoms with Crippen molar-refractivity contribution in [1.82, 2.24) is 14.9 Å². The van der Waals surface area contributed by atoms with E-state index in [0.29, 0.717) is 6.04 Å². The molecule has 0 spiro atoms. The Kier molecular flexibility index (Phi) is 4.94. The highest BCUT2D eigenvalue weighted by Crippen LogP contribution is 2.29. The van der Waals surface area contributed by atoms with Gasteiger partial charge in [0.1, 0.15) is 5.82 Å². The Balaban J connectivity index is 1.27. The standard InChI is InChI=1S/C25H28N4/c1-2-29-23-8-4-3-7-21(23)22-17-19(10-11-24(22)29)18-27-20-12-15-28(16-13-20)25-9-5-6-14-26-25/h3-11,14,17,20,27H,2,12-13,15-16,18H2,1H3. The lowest BCUT2D eigenvalue weighted by molar-refractivity contribution is 0.413. The Labute approximate surface area is 172 Å². The molecular weight excluding hydrogens is 356 g/mol. The summed E-state index contributed by atoms with van der Waals surface area (Å²) in [7, 11) is 0. The van der Waals surface area contributed by atoms with Crippen molar-refractivity contribution in [3.63, 3.8) is 0 Å². The first-order valence-electron chi connectivity index (χ1n) is 10.7. The van der Waals surface area contributed by atoms with Gasteiger partial charge in [0.25, 0.3) is 0 Å². The predicted molar refractivity (Wildman–Crippen MR) is 121 cm³/mol. The second kappa shape index (κ2) is 7.88. The minimum absolute atomic E-state index is 0.572. The molecule has 4 aromatic rings. The molecule has 0 bridgehead atoms. The predicted octanol–water partition coefficient (Wildman–Crippen LogP) is 4.97. The Hall–Kier alpha value is -2.85. The SMILES string of the molecule is CCn1c2ccccc2c2cc(CNC3CCN(c4ccccn4)CC3)ccc21. The zero-order chi connectivity index (χ0) is 19.6. The van der Waals surface area contributed by atoms with E-state index in [1.54, 1.807) is 0 Å². The molecule has 0 amide bonds. The summed E-state index contributed by atoms with van der Waals surface area (Å²) in [5, 5.41) is 6.51. The molecule has 3 heterocycles. The number of aromatic nitrogens is 2. The van der Waals surface area contributed by atoms with Gasteiger partial charge < -0.3 is 14.8 Å². The maximum Gasteiger partial charge on any atom is 0.128 e. The highest BCUT2D eigenvalue weighted by molar-refractivity contribution is 6.08. The van der Waals surface area contributed by atoms with Crippen molar-refractivity contribution in [1.29, 1.82) is 0 Å². The number of hydrogen-bond acceptors (Lipinski definition) is 3. The molecule has 29 heavy (non-hydrogen) atoms. The van der Waals surface area contributed by atoms with Crippen LogP contribution in [0.15, 0.2) is 66.9 Å². The number of pyridine rings is 1. The number of hydrogen-bond donors (Lipinski definition) is 1. The molecule has 0 saturated carbocycles.